The molecule has 0 spiro atoms. The summed E-state index contributed by atoms with van der Waals surface area (Å²) >= 11 is 0. The van der Waals surface area contributed by atoms with Crippen LogP contribution in [-0.4, -0.2) is 25.5 Å². The van der Waals surface area contributed by atoms with Crippen LogP contribution in [-0.2, 0) is 11.2 Å². The van der Waals surface area contributed by atoms with Gasteiger partial charge in [-0.1, -0.05) is 31.2 Å². The monoisotopic (exact) mass is 246 g/mol. The van der Waals surface area contributed by atoms with Crippen molar-refractivity contribution in [3.05, 3.63) is 35.4 Å². The molecule has 1 amide bonds. The van der Waals surface area contributed by atoms with Crippen molar-refractivity contribution in [1.82, 2.24) is 10.6 Å². The molecule has 0 heterocycles. The molecule has 1 aromatic carbocycles. The molecule has 2 N–H and O–H groups in total. The summed E-state index contributed by atoms with van der Waals surface area (Å²) < 4.78 is 0. The first-order valence-electron chi connectivity index (χ1n) is 6.86. The first-order chi connectivity index (χ1) is 8.81. The SMILES string of the molecule is CCCNC(=O)CCNCC1Cc2ccccc21. The summed E-state index contributed by atoms with van der Waals surface area (Å²) in [6.07, 6.45) is 2.75. The molecule has 0 aliphatic heterocycles. The fraction of sp³-hybridized carbons (Fsp3) is 0.533. The predicted octanol–water partition coefficient (Wildman–Crippen LogP) is 1.83. The zero-order valence-corrected chi connectivity index (χ0v) is 11.0. The van der Waals surface area contributed by atoms with Gasteiger partial charge in [0.1, 0.15) is 0 Å². The second kappa shape index (κ2) is 6.55. The summed E-state index contributed by atoms with van der Waals surface area (Å²) in [4.78, 5) is 11.4. The zero-order chi connectivity index (χ0) is 12.8. The number of carbonyl (C=O) groups excluding carboxylic acids is 1. The van der Waals surface area contributed by atoms with E-state index in [0.29, 0.717) is 12.3 Å². The van der Waals surface area contributed by atoms with Crippen LogP contribution >= 0.6 is 0 Å². The van der Waals surface area contributed by atoms with Gasteiger partial charge in [0.2, 0.25) is 5.91 Å². The standard InChI is InChI=1S/C15H22N2O/c1-2-8-17-15(18)7-9-16-11-13-10-12-5-3-4-6-14(12)13/h3-6,13,16H,2,7-11H2,1H3,(H,17,18). The van der Waals surface area contributed by atoms with Crippen LogP contribution in [0.1, 0.15) is 36.8 Å². The van der Waals surface area contributed by atoms with E-state index in [0.717, 1.165) is 26.1 Å². The van der Waals surface area contributed by atoms with Crippen LogP contribution in [0, 0.1) is 0 Å². The molecule has 98 valence electrons. The maximum absolute atomic E-state index is 11.4. The third-order valence-electron chi connectivity index (χ3n) is 3.45. The molecule has 0 bridgehead atoms. The lowest BCUT2D eigenvalue weighted by Crippen LogP contribution is -2.32. The Labute approximate surface area is 109 Å². The van der Waals surface area contributed by atoms with Crippen molar-refractivity contribution in [1.29, 1.82) is 0 Å². The number of amides is 1. The number of hydrogen-bond donors (Lipinski definition) is 2. The van der Waals surface area contributed by atoms with E-state index in [1.807, 2.05) is 0 Å². The van der Waals surface area contributed by atoms with Gasteiger partial charge in [0.05, 0.1) is 0 Å². The quantitative estimate of drug-likeness (QED) is 0.721. The molecular weight excluding hydrogens is 224 g/mol. The molecule has 2 rings (SSSR count). The van der Waals surface area contributed by atoms with Crippen LogP contribution in [0.15, 0.2) is 24.3 Å². The number of hydrogen-bond acceptors (Lipinski definition) is 2. The van der Waals surface area contributed by atoms with Crippen molar-refractivity contribution >= 4 is 5.91 Å². The van der Waals surface area contributed by atoms with Crippen LogP contribution in [0.25, 0.3) is 0 Å². The van der Waals surface area contributed by atoms with Gasteiger partial charge in [0, 0.05) is 32.0 Å². The average molecular weight is 246 g/mol. The molecule has 1 aliphatic carbocycles. The normalized spacial score (nSPS) is 16.8. The zero-order valence-electron chi connectivity index (χ0n) is 11.0. The van der Waals surface area contributed by atoms with Crippen LogP contribution in [0.5, 0.6) is 0 Å². The van der Waals surface area contributed by atoms with Crippen molar-refractivity contribution < 1.29 is 4.79 Å². The van der Waals surface area contributed by atoms with Gasteiger partial charge in [-0.25, -0.2) is 0 Å². The van der Waals surface area contributed by atoms with E-state index in [1.165, 1.54) is 17.5 Å². The number of carbonyl (C=O) groups is 1. The van der Waals surface area contributed by atoms with E-state index in [2.05, 4.69) is 41.8 Å². The molecule has 0 fully saturated rings. The highest BCUT2D eigenvalue weighted by Gasteiger charge is 2.24. The van der Waals surface area contributed by atoms with Crippen molar-refractivity contribution in [3.8, 4) is 0 Å². The molecular formula is C15H22N2O. The molecule has 1 atom stereocenters. The third kappa shape index (κ3) is 3.33. The summed E-state index contributed by atoms with van der Waals surface area (Å²) in [5.74, 6) is 0.790. The first-order valence-corrected chi connectivity index (χ1v) is 6.86. The van der Waals surface area contributed by atoms with Crippen LogP contribution in [0.4, 0.5) is 0 Å². The third-order valence-corrected chi connectivity index (χ3v) is 3.45. The fourth-order valence-electron chi connectivity index (χ4n) is 2.38. The Hall–Kier alpha value is -1.35. The maximum atomic E-state index is 11.4. The lowest BCUT2D eigenvalue weighted by Gasteiger charge is -2.30. The number of nitrogens with one attached hydrogen (secondary N) is 2. The summed E-state index contributed by atoms with van der Waals surface area (Å²) in [6.45, 7) is 4.60. The minimum absolute atomic E-state index is 0.151. The summed E-state index contributed by atoms with van der Waals surface area (Å²) in [5, 5.41) is 6.26. The Kier molecular flexibility index (Phi) is 4.76. The van der Waals surface area contributed by atoms with E-state index in [4.69, 9.17) is 0 Å². The van der Waals surface area contributed by atoms with Crippen LogP contribution < -0.4 is 10.6 Å². The van der Waals surface area contributed by atoms with Crippen LogP contribution in [0.2, 0.25) is 0 Å². The van der Waals surface area contributed by atoms with E-state index in [-0.39, 0.29) is 5.91 Å². The van der Waals surface area contributed by atoms with Gasteiger partial charge >= 0.3 is 0 Å². The minimum atomic E-state index is 0.151. The predicted molar refractivity (Wildman–Crippen MR) is 73.7 cm³/mol. The second-order valence-corrected chi connectivity index (χ2v) is 4.90. The second-order valence-electron chi connectivity index (χ2n) is 4.90. The largest absolute Gasteiger partial charge is 0.356 e. The lowest BCUT2D eigenvalue weighted by molar-refractivity contribution is -0.120. The Morgan fingerprint density at radius 2 is 2.17 bits per heavy atom. The van der Waals surface area contributed by atoms with E-state index in [9.17, 15) is 4.79 Å². The highest BCUT2D eigenvalue weighted by atomic mass is 16.1. The number of benzene rings is 1. The Balaban J connectivity index is 1.59. The van der Waals surface area contributed by atoms with E-state index in [1.54, 1.807) is 0 Å². The van der Waals surface area contributed by atoms with Gasteiger partial charge in [-0.15, -0.1) is 0 Å². The highest BCUT2D eigenvalue weighted by molar-refractivity contribution is 5.75. The Bertz CT molecular complexity index is 403. The molecule has 1 aromatic rings. The van der Waals surface area contributed by atoms with Gasteiger partial charge in [0.15, 0.2) is 0 Å². The fourth-order valence-corrected chi connectivity index (χ4v) is 2.38. The van der Waals surface area contributed by atoms with Crippen molar-refractivity contribution in [2.24, 2.45) is 0 Å². The Morgan fingerprint density at radius 3 is 2.94 bits per heavy atom. The average Bonchev–Trinajstić information content (AvgIpc) is 2.36. The highest BCUT2D eigenvalue weighted by Crippen LogP contribution is 2.33. The molecule has 3 nitrogen and oxygen atoms in total. The minimum Gasteiger partial charge on any atom is -0.356 e. The van der Waals surface area contributed by atoms with Gasteiger partial charge in [-0.05, 0) is 24.0 Å². The van der Waals surface area contributed by atoms with Crippen molar-refractivity contribution in [2.45, 2.75) is 32.1 Å². The maximum Gasteiger partial charge on any atom is 0.221 e. The number of rotatable bonds is 7. The first kappa shape index (κ1) is 13.1. The molecule has 0 saturated heterocycles. The van der Waals surface area contributed by atoms with Crippen molar-refractivity contribution in [3.63, 3.8) is 0 Å². The van der Waals surface area contributed by atoms with Gasteiger partial charge < -0.3 is 10.6 Å². The summed E-state index contributed by atoms with van der Waals surface area (Å²) in [7, 11) is 0. The van der Waals surface area contributed by atoms with Crippen molar-refractivity contribution in [2.75, 3.05) is 19.6 Å². The molecule has 0 aromatic heterocycles. The molecule has 0 radical (unpaired) electrons. The molecule has 1 unspecified atom stereocenters. The number of fused-ring (bicyclic) bond motifs is 1. The topological polar surface area (TPSA) is 41.1 Å². The van der Waals surface area contributed by atoms with E-state index >= 15 is 0 Å². The van der Waals surface area contributed by atoms with Gasteiger partial charge in [0.25, 0.3) is 0 Å². The smallest absolute Gasteiger partial charge is 0.221 e. The molecule has 0 saturated carbocycles. The van der Waals surface area contributed by atoms with Gasteiger partial charge in [-0.2, -0.15) is 0 Å². The summed E-state index contributed by atoms with van der Waals surface area (Å²) in [5.41, 5.74) is 2.95. The van der Waals surface area contributed by atoms with Crippen LogP contribution in [0.3, 0.4) is 0 Å². The Morgan fingerprint density at radius 1 is 1.33 bits per heavy atom. The summed E-state index contributed by atoms with van der Waals surface area (Å²) in [6, 6.07) is 8.60. The molecule has 18 heavy (non-hydrogen) atoms. The van der Waals surface area contributed by atoms with Gasteiger partial charge in [-0.3, -0.25) is 4.79 Å². The lowest BCUT2D eigenvalue weighted by atomic mass is 9.77. The molecule has 3 heteroatoms. The van der Waals surface area contributed by atoms with E-state index < -0.39 is 0 Å². The molecule has 1 aliphatic rings.